The summed E-state index contributed by atoms with van der Waals surface area (Å²) in [5.74, 6) is 0.827. The van der Waals surface area contributed by atoms with E-state index in [0.717, 1.165) is 22.8 Å². The summed E-state index contributed by atoms with van der Waals surface area (Å²) in [5.41, 5.74) is 1.28. The normalized spacial score (nSPS) is 28.0. The Bertz CT molecular complexity index is 443. The lowest BCUT2D eigenvalue weighted by atomic mass is 9.71. The number of hydrogen-bond acceptors (Lipinski definition) is 4. The first-order chi connectivity index (χ1) is 9.92. The van der Waals surface area contributed by atoms with Gasteiger partial charge in [0.25, 0.3) is 0 Å². The highest BCUT2D eigenvalue weighted by Crippen LogP contribution is 2.44. The molecule has 1 aromatic rings. The third kappa shape index (κ3) is 3.17. The minimum Gasteiger partial charge on any atom is -0.307 e. The van der Waals surface area contributed by atoms with E-state index >= 15 is 0 Å². The average Bonchev–Trinajstić information content (AvgIpc) is 2.77. The zero-order chi connectivity index (χ0) is 15.6. The van der Waals surface area contributed by atoms with Gasteiger partial charge in [-0.1, -0.05) is 19.1 Å². The van der Waals surface area contributed by atoms with Crippen molar-refractivity contribution in [1.29, 1.82) is 0 Å². The number of nitrogens with zero attached hydrogens (tertiary/aromatic N) is 4. The Morgan fingerprint density at radius 2 is 2.05 bits per heavy atom. The van der Waals surface area contributed by atoms with Gasteiger partial charge in [0.2, 0.25) is 0 Å². The SMILES string of the molecule is CCNC(c1c(Br)nnn1C)C1(N(C)C)CCC(C)CC1. The van der Waals surface area contributed by atoms with E-state index in [1.165, 1.54) is 25.7 Å². The minimum absolute atomic E-state index is 0.126. The molecule has 0 bridgehead atoms. The van der Waals surface area contributed by atoms with Crippen LogP contribution in [0.4, 0.5) is 0 Å². The average molecular weight is 358 g/mol. The molecule has 1 aliphatic rings. The second kappa shape index (κ2) is 6.75. The van der Waals surface area contributed by atoms with Gasteiger partial charge in [-0.25, -0.2) is 4.68 Å². The van der Waals surface area contributed by atoms with Gasteiger partial charge < -0.3 is 10.2 Å². The van der Waals surface area contributed by atoms with E-state index in [1.54, 1.807) is 0 Å². The number of hydrogen-bond donors (Lipinski definition) is 1. The molecule has 6 heteroatoms. The molecule has 1 N–H and O–H groups in total. The minimum atomic E-state index is 0.126. The molecule has 1 heterocycles. The molecule has 0 saturated heterocycles. The van der Waals surface area contributed by atoms with Crippen LogP contribution in [0, 0.1) is 5.92 Å². The van der Waals surface area contributed by atoms with E-state index in [4.69, 9.17) is 0 Å². The lowest BCUT2D eigenvalue weighted by molar-refractivity contribution is 0.0404. The smallest absolute Gasteiger partial charge is 0.153 e. The molecule has 0 aliphatic heterocycles. The van der Waals surface area contributed by atoms with Crippen molar-refractivity contribution >= 4 is 15.9 Å². The van der Waals surface area contributed by atoms with Gasteiger partial charge in [-0.3, -0.25) is 0 Å². The summed E-state index contributed by atoms with van der Waals surface area (Å²) < 4.78 is 2.76. The first-order valence-corrected chi connectivity index (χ1v) is 8.67. The van der Waals surface area contributed by atoms with Crippen molar-refractivity contribution in [3.05, 3.63) is 10.3 Å². The summed E-state index contributed by atoms with van der Waals surface area (Å²) in [6.07, 6.45) is 4.97. The number of aryl methyl sites for hydroxylation is 1. The van der Waals surface area contributed by atoms with E-state index in [-0.39, 0.29) is 11.6 Å². The standard InChI is InChI=1S/C15H28BrN5/c1-6-17-13(12-14(16)18-19-21(12)5)15(20(3)4)9-7-11(2)8-10-15/h11,13,17H,6-10H2,1-5H3. The van der Waals surface area contributed by atoms with Crippen LogP contribution in [-0.2, 0) is 7.05 Å². The summed E-state index contributed by atoms with van der Waals surface area (Å²) in [4.78, 5) is 2.41. The van der Waals surface area contributed by atoms with Gasteiger partial charge >= 0.3 is 0 Å². The molecule has 120 valence electrons. The van der Waals surface area contributed by atoms with Crippen molar-refractivity contribution in [2.75, 3.05) is 20.6 Å². The van der Waals surface area contributed by atoms with E-state index in [2.05, 4.69) is 64.4 Å². The van der Waals surface area contributed by atoms with Gasteiger partial charge in [-0.05, 0) is 68.2 Å². The predicted molar refractivity (Wildman–Crippen MR) is 89.2 cm³/mol. The van der Waals surface area contributed by atoms with Crippen LogP contribution in [0.2, 0.25) is 0 Å². The molecule has 0 aromatic carbocycles. The highest BCUT2D eigenvalue weighted by Gasteiger charge is 2.45. The summed E-state index contributed by atoms with van der Waals surface area (Å²) in [6, 6.07) is 0.236. The number of nitrogens with one attached hydrogen (secondary N) is 1. The predicted octanol–water partition coefficient (Wildman–Crippen LogP) is 2.74. The second-order valence-corrected chi connectivity index (χ2v) is 7.31. The Kier molecular flexibility index (Phi) is 5.43. The first kappa shape index (κ1) is 16.9. The molecule has 1 unspecified atom stereocenters. The molecule has 0 amide bonds. The Morgan fingerprint density at radius 3 is 2.48 bits per heavy atom. The van der Waals surface area contributed by atoms with Gasteiger partial charge in [0, 0.05) is 12.6 Å². The molecule has 2 rings (SSSR count). The van der Waals surface area contributed by atoms with Crippen LogP contribution in [-0.4, -0.2) is 46.1 Å². The molecule has 1 saturated carbocycles. The fraction of sp³-hybridized carbons (Fsp3) is 0.867. The van der Waals surface area contributed by atoms with E-state index < -0.39 is 0 Å². The Labute approximate surface area is 136 Å². The van der Waals surface area contributed by atoms with Crippen molar-refractivity contribution < 1.29 is 0 Å². The monoisotopic (exact) mass is 357 g/mol. The molecule has 21 heavy (non-hydrogen) atoms. The maximum absolute atomic E-state index is 4.19. The van der Waals surface area contributed by atoms with Crippen LogP contribution in [0.5, 0.6) is 0 Å². The number of halogens is 1. The molecule has 1 fully saturated rings. The van der Waals surface area contributed by atoms with E-state index in [0.29, 0.717) is 0 Å². The van der Waals surface area contributed by atoms with Crippen molar-refractivity contribution in [2.24, 2.45) is 13.0 Å². The van der Waals surface area contributed by atoms with E-state index in [1.807, 2.05) is 11.7 Å². The summed E-state index contributed by atoms with van der Waals surface area (Å²) in [6.45, 7) is 5.47. The molecule has 0 spiro atoms. The van der Waals surface area contributed by atoms with Crippen LogP contribution in [0.3, 0.4) is 0 Å². The van der Waals surface area contributed by atoms with Crippen LogP contribution < -0.4 is 5.32 Å². The Balaban J connectivity index is 2.43. The maximum atomic E-state index is 4.19. The van der Waals surface area contributed by atoms with Gasteiger partial charge in [0.05, 0.1) is 11.7 Å². The third-order valence-corrected chi connectivity index (χ3v) is 5.64. The molecular weight excluding hydrogens is 330 g/mol. The zero-order valence-electron chi connectivity index (χ0n) is 13.9. The fourth-order valence-electron chi connectivity index (χ4n) is 3.65. The molecule has 1 atom stereocenters. The topological polar surface area (TPSA) is 46.0 Å². The number of aromatic nitrogens is 3. The maximum Gasteiger partial charge on any atom is 0.153 e. The quantitative estimate of drug-likeness (QED) is 0.879. The zero-order valence-corrected chi connectivity index (χ0v) is 15.4. The lowest BCUT2D eigenvalue weighted by Crippen LogP contribution is -2.56. The molecule has 0 radical (unpaired) electrons. The van der Waals surface area contributed by atoms with E-state index in [9.17, 15) is 0 Å². The lowest BCUT2D eigenvalue weighted by Gasteiger charge is -2.49. The van der Waals surface area contributed by atoms with Crippen molar-refractivity contribution in [2.45, 2.75) is 51.1 Å². The summed E-state index contributed by atoms with van der Waals surface area (Å²) in [7, 11) is 6.39. The van der Waals surface area contributed by atoms with Crippen LogP contribution >= 0.6 is 15.9 Å². The van der Waals surface area contributed by atoms with Gasteiger partial charge in [-0.2, -0.15) is 0 Å². The number of rotatable bonds is 5. The highest BCUT2D eigenvalue weighted by atomic mass is 79.9. The van der Waals surface area contributed by atoms with Crippen LogP contribution in [0.15, 0.2) is 4.60 Å². The molecule has 1 aromatic heterocycles. The summed E-state index contributed by atoms with van der Waals surface area (Å²) in [5, 5.41) is 12.1. The van der Waals surface area contributed by atoms with Gasteiger partial charge in [0.1, 0.15) is 0 Å². The fourth-order valence-corrected chi connectivity index (χ4v) is 4.20. The largest absolute Gasteiger partial charge is 0.307 e. The number of likely N-dealkylation sites (N-methyl/N-ethyl adjacent to an activating group) is 2. The summed E-state index contributed by atoms with van der Waals surface area (Å²) >= 11 is 3.59. The first-order valence-electron chi connectivity index (χ1n) is 7.88. The van der Waals surface area contributed by atoms with Crippen molar-refractivity contribution in [3.63, 3.8) is 0 Å². The van der Waals surface area contributed by atoms with Crippen molar-refractivity contribution in [3.8, 4) is 0 Å². The Morgan fingerprint density at radius 1 is 1.43 bits per heavy atom. The van der Waals surface area contributed by atoms with Gasteiger partial charge in [-0.15, -0.1) is 5.10 Å². The highest BCUT2D eigenvalue weighted by molar-refractivity contribution is 9.10. The van der Waals surface area contributed by atoms with Crippen LogP contribution in [0.25, 0.3) is 0 Å². The molecular formula is C15H28BrN5. The second-order valence-electron chi connectivity index (χ2n) is 6.56. The Hall–Kier alpha value is -0.460. The molecule has 1 aliphatic carbocycles. The molecule has 5 nitrogen and oxygen atoms in total. The van der Waals surface area contributed by atoms with Crippen molar-refractivity contribution in [1.82, 2.24) is 25.2 Å². The van der Waals surface area contributed by atoms with Gasteiger partial charge in [0.15, 0.2) is 4.60 Å². The van der Waals surface area contributed by atoms with Crippen LogP contribution in [0.1, 0.15) is 51.3 Å². The third-order valence-electron chi connectivity index (χ3n) is 5.08.